The molecule has 0 radical (unpaired) electrons. The summed E-state index contributed by atoms with van der Waals surface area (Å²) in [6.45, 7) is 7.37. The van der Waals surface area contributed by atoms with Gasteiger partial charge in [0.2, 0.25) is 11.8 Å². The zero-order valence-electron chi connectivity index (χ0n) is 21.1. The number of nitrogens with zero attached hydrogens (tertiary/aromatic N) is 1. The van der Waals surface area contributed by atoms with Gasteiger partial charge in [-0.2, -0.15) is 0 Å². The molecular weight excluding hydrogens is 440 g/mol. The molecule has 7 heteroatoms. The van der Waals surface area contributed by atoms with Crippen LogP contribution in [0.15, 0.2) is 54.6 Å². The Morgan fingerprint density at radius 3 is 2.20 bits per heavy atom. The molecule has 1 heterocycles. The average molecular weight is 480 g/mol. The van der Waals surface area contributed by atoms with E-state index >= 15 is 0 Å². The van der Waals surface area contributed by atoms with Gasteiger partial charge in [0, 0.05) is 32.0 Å². The number of piperidine rings is 1. The Bertz CT molecular complexity index is 983. The second-order valence-corrected chi connectivity index (χ2v) is 9.92. The molecule has 35 heavy (non-hydrogen) atoms. The van der Waals surface area contributed by atoms with Gasteiger partial charge < -0.3 is 21.3 Å². The van der Waals surface area contributed by atoms with Crippen LogP contribution in [-0.2, 0) is 27.3 Å². The van der Waals surface area contributed by atoms with E-state index < -0.39 is 6.04 Å². The number of rotatable bonds is 9. The number of hydrogen-bond acceptors (Lipinski definition) is 3. The Hall–Kier alpha value is -3.19. The largest absolute Gasteiger partial charge is 0.350 e. The molecule has 7 nitrogen and oxygen atoms in total. The molecule has 1 saturated heterocycles. The van der Waals surface area contributed by atoms with Crippen LogP contribution in [0.25, 0.3) is 0 Å². The minimum absolute atomic E-state index is 0.0308. The van der Waals surface area contributed by atoms with Crippen LogP contribution in [0, 0.1) is 18.8 Å². The van der Waals surface area contributed by atoms with Crippen LogP contribution in [0.2, 0.25) is 0 Å². The first-order chi connectivity index (χ1) is 16.7. The molecule has 1 aliphatic heterocycles. The number of nitrogens with one attached hydrogen (secondary N) is 2. The molecule has 2 atom stereocenters. The van der Waals surface area contributed by atoms with Gasteiger partial charge in [-0.05, 0) is 36.8 Å². The highest BCUT2D eigenvalue weighted by molar-refractivity contribution is 5.89. The number of likely N-dealkylation sites (tertiary alicyclic amines) is 1. The van der Waals surface area contributed by atoms with Crippen LogP contribution in [0.3, 0.4) is 0 Å². The summed E-state index contributed by atoms with van der Waals surface area (Å²) in [4.78, 5) is 40.5. The van der Waals surface area contributed by atoms with Crippen LogP contribution < -0.4 is 16.4 Å². The van der Waals surface area contributed by atoms with Gasteiger partial charge in [-0.15, -0.1) is 0 Å². The van der Waals surface area contributed by atoms with Crippen molar-refractivity contribution in [3.05, 3.63) is 71.3 Å². The first kappa shape index (κ1) is 26.4. The summed E-state index contributed by atoms with van der Waals surface area (Å²) in [6, 6.07) is 17.0. The van der Waals surface area contributed by atoms with Gasteiger partial charge in [0.25, 0.3) is 5.91 Å². The van der Waals surface area contributed by atoms with E-state index in [0.29, 0.717) is 38.9 Å². The Balaban J connectivity index is 1.47. The van der Waals surface area contributed by atoms with Crippen molar-refractivity contribution >= 4 is 17.7 Å². The average Bonchev–Trinajstić information content (AvgIpc) is 2.86. The summed E-state index contributed by atoms with van der Waals surface area (Å²) >= 11 is 0. The van der Waals surface area contributed by atoms with Crippen molar-refractivity contribution in [2.45, 2.75) is 58.7 Å². The molecule has 3 rings (SSSR count). The molecule has 2 unspecified atom stereocenters. The highest BCUT2D eigenvalue weighted by atomic mass is 16.2. The third-order valence-corrected chi connectivity index (χ3v) is 6.69. The molecule has 2 aromatic carbocycles. The third-order valence-electron chi connectivity index (χ3n) is 6.69. The summed E-state index contributed by atoms with van der Waals surface area (Å²) in [6.07, 6.45) is 1.78. The zero-order valence-corrected chi connectivity index (χ0v) is 21.1. The van der Waals surface area contributed by atoms with E-state index in [9.17, 15) is 14.4 Å². The Morgan fingerprint density at radius 1 is 0.971 bits per heavy atom. The molecule has 3 amide bonds. The van der Waals surface area contributed by atoms with Crippen LogP contribution in [0.1, 0.15) is 43.4 Å². The predicted octanol–water partition coefficient (Wildman–Crippen LogP) is 1.84. The van der Waals surface area contributed by atoms with Crippen molar-refractivity contribution in [3.8, 4) is 0 Å². The van der Waals surface area contributed by atoms with Gasteiger partial charge in [-0.25, -0.2) is 0 Å². The molecule has 0 saturated carbocycles. The first-order valence-corrected chi connectivity index (χ1v) is 12.5. The van der Waals surface area contributed by atoms with E-state index in [1.165, 1.54) is 5.56 Å². The van der Waals surface area contributed by atoms with Crippen molar-refractivity contribution in [2.24, 2.45) is 11.8 Å². The Labute approximate surface area is 208 Å². The van der Waals surface area contributed by atoms with Crippen LogP contribution >= 0.6 is 0 Å². The van der Waals surface area contributed by atoms with Gasteiger partial charge in [-0.1, -0.05) is 74.0 Å². The van der Waals surface area contributed by atoms with Crippen molar-refractivity contribution in [1.82, 2.24) is 15.5 Å². The zero-order chi connectivity index (χ0) is 25.4. The molecule has 5 N–H and O–H groups in total. The molecule has 1 fully saturated rings. The van der Waals surface area contributed by atoms with Gasteiger partial charge in [0.15, 0.2) is 6.04 Å². The second-order valence-electron chi connectivity index (χ2n) is 9.92. The lowest BCUT2D eigenvalue weighted by molar-refractivity contribution is -0.405. The van der Waals surface area contributed by atoms with Gasteiger partial charge in [0.1, 0.15) is 6.04 Å². The normalized spacial score (nSPS) is 16.0. The summed E-state index contributed by atoms with van der Waals surface area (Å²) in [5.41, 5.74) is 7.35. The second kappa shape index (κ2) is 12.5. The van der Waals surface area contributed by atoms with E-state index in [1.54, 1.807) is 0 Å². The number of carbonyl (C=O) groups excluding carboxylic acids is 3. The number of carbonyl (C=O) groups is 3. The number of aryl methyl sites for hydroxylation is 1. The van der Waals surface area contributed by atoms with E-state index in [-0.39, 0.29) is 35.6 Å². The maximum absolute atomic E-state index is 13.0. The fourth-order valence-corrected chi connectivity index (χ4v) is 4.42. The number of quaternary nitrogens is 1. The molecule has 0 bridgehead atoms. The van der Waals surface area contributed by atoms with Crippen molar-refractivity contribution in [2.75, 3.05) is 13.1 Å². The summed E-state index contributed by atoms with van der Waals surface area (Å²) in [5, 5.41) is 5.91. The third kappa shape index (κ3) is 7.65. The van der Waals surface area contributed by atoms with E-state index in [1.807, 2.05) is 80.3 Å². The minimum atomic E-state index is -0.595. The maximum Gasteiger partial charge on any atom is 0.281 e. The number of amides is 3. The highest BCUT2D eigenvalue weighted by Crippen LogP contribution is 2.19. The fraction of sp³-hybridized carbons (Fsp3) is 0.464. The van der Waals surface area contributed by atoms with Crippen LogP contribution in [0.5, 0.6) is 0 Å². The smallest absolute Gasteiger partial charge is 0.281 e. The quantitative estimate of drug-likeness (QED) is 0.511. The molecule has 0 aliphatic carbocycles. The van der Waals surface area contributed by atoms with Crippen LogP contribution in [-0.4, -0.2) is 47.8 Å². The lowest BCUT2D eigenvalue weighted by Gasteiger charge is -2.33. The SMILES string of the molecule is Cc1ccc(CNC(=O)C(NC(=O)C2CCN(C(=O)C([NH3+])Cc3ccccc3)CC2)C(C)C)cc1. The van der Waals surface area contributed by atoms with Gasteiger partial charge in [0.05, 0.1) is 0 Å². The lowest BCUT2D eigenvalue weighted by atomic mass is 9.93. The predicted molar refractivity (Wildman–Crippen MR) is 136 cm³/mol. The monoisotopic (exact) mass is 479 g/mol. The van der Waals surface area contributed by atoms with Crippen molar-refractivity contribution in [3.63, 3.8) is 0 Å². The van der Waals surface area contributed by atoms with E-state index in [4.69, 9.17) is 0 Å². The number of benzene rings is 2. The lowest BCUT2D eigenvalue weighted by Crippen LogP contribution is -2.69. The molecule has 1 aliphatic rings. The topological polar surface area (TPSA) is 106 Å². The summed E-state index contributed by atoms with van der Waals surface area (Å²) < 4.78 is 0. The number of hydrogen-bond donors (Lipinski definition) is 3. The first-order valence-electron chi connectivity index (χ1n) is 12.5. The fourth-order valence-electron chi connectivity index (χ4n) is 4.42. The Kier molecular flexibility index (Phi) is 9.43. The van der Waals surface area contributed by atoms with Crippen molar-refractivity contribution in [1.29, 1.82) is 0 Å². The van der Waals surface area contributed by atoms with E-state index in [2.05, 4.69) is 16.4 Å². The summed E-state index contributed by atoms with van der Waals surface area (Å²) in [5.74, 6) is -0.506. The minimum Gasteiger partial charge on any atom is -0.350 e. The molecular formula is C28H39N4O3+. The Morgan fingerprint density at radius 2 is 1.60 bits per heavy atom. The summed E-state index contributed by atoms with van der Waals surface area (Å²) in [7, 11) is 0. The molecule has 188 valence electrons. The van der Waals surface area contributed by atoms with E-state index in [0.717, 1.165) is 11.1 Å². The molecule has 2 aromatic rings. The molecule has 0 aromatic heterocycles. The highest BCUT2D eigenvalue weighted by Gasteiger charge is 2.33. The standard InChI is InChI=1S/C28H38N4O3/c1-19(2)25(27(34)30-18-22-11-9-20(3)10-12-22)31-26(33)23-13-15-32(16-14-23)28(35)24(29)17-21-7-5-4-6-8-21/h4-12,19,23-25H,13-18,29H2,1-3H3,(H,30,34)(H,31,33)/p+1. The maximum atomic E-state index is 13.0. The van der Waals surface area contributed by atoms with Gasteiger partial charge in [-0.3, -0.25) is 14.4 Å². The van der Waals surface area contributed by atoms with Crippen molar-refractivity contribution < 1.29 is 20.1 Å². The van der Waals surface area contributed by atoms with Crippen LogP contribution in [0.4, 0.5) is 0 Å². The van der Waals surface area contributed by atoms with Gasteiger partial charge >= 0.3 is 0 Å². The molecule has 0 spiro atoms.